The van der Waals surface area contributed by atoms with Gasteiger partial charge in [0.1, 0.15) is 11.5 Å². The first-order valence-electron chi connectivity index (χ1n) is 6.51. The number of hydrogen-bond acceptors (Lipinski definition) is 4. The fraction of sp³-hybridized carbons (Fsp3) is 0.533. The fourth-order valence-electron chi connectivity index (χ4n) is 2.11. The minimum Gasteiger partial charge on any atom is -0.507 e. The molecule has 1 rings (SSSR count). The van der Waals surface area contributed by atoms with Crippen molar-refractivity contribution in [2.45, 2.75) is 47.0 Å². The van der Waals surface area contributed by atoms with Crippen LogP contribution in [0.2, 0.25) is 0 Å². The van der Waals surface area contributed by atoms with E-state index in [2.05, 4.69) is 11.7 Å². The SMILES string of the molecule is CCCCc1c(C)c(OC(=O)OC)c(C)c(C)c1O. The Labute approximate surface area is 114 Å². The van der Waals surface area contributed by atoms with Crippen LogP contribution in [0.1, 0.15) is 42.0 Å². The van der Waals surface area contributed by atoms with Gasteiger partial charge in [-0.1, -0.05) is 13.3 Å². The van der Waals surface area contributed by atoms with Crippen molar-refractivity contribution >= 4 is 6.16 Å². The Morgan fingerprint density at radius 2 is 1.79 bits per heavy atom. The fourth-order valence-corrected chi connectivity index (χ4v) is 2.11. The summed E-state index contributed by atoms with van der Waals surface area (Å²) in [5.41, 5.74) is 3.17. The topological polar surface area (TPSA) is 55.8 Å². The van der Waals surface area contributed by atoms with E-state index >= 15 is 0 Å². The molecule has 106 valence electrons. The van der Waals surface area contributed by atoms with Crippen molar-refractivity contribution in [3.05, 3.63) is 22.3 Å². The molecule has 0 atom stereocenters. The van der Waals surface area contributed by atoms with Crippen molar-refractivity contribution < 1.29 is 19.4 Å². The number of benzene rings is 1. The summed E-state index contributed by atoms with van der Waals surface area (Å²) < 4.78 is 9.74. The van der Waals surface area contributed by atoms with Gasteiger partial charge in [-0.25, -0.2) is 4.79 Å². The van der Waals surface area contributed by atoms with Gasteiger partial charge in [0, 0.05) is 5.56 Å². The van der Waals surface area contributed by atoms with Crippen LogP contribution in [0.3, 0.4) is 0 Å². The number of ether oxygens (including phenoxy) is 2. The lowest BCUT2D eigenvalue weighted by Crippen LogP contribution is -2.11. The zero-order valence-electron chi connectivity index (χ0n) is 12.3. The molecule has 1 aromatic rings. The third kappa shape index (κ3) is 3.19. The van der Waals surface area contributed by atoms with E-state index < -0.39 is 6.16 Å². The second-order valence-corrected chi connectivity index (χ2v) is 4.69. The molecule has 0 aliphatic carbocycles. The Morgan fingerprint density at radius 3 is 2.32 bits per heavy atom. The average Bonchev–Trinajstić information content (AvgIpc) is 2.41. The zero-order chi connectivity index (χ0) is 14.6. The quantitative estimate of drug-likeness (QED) is 0.665. The number of hydrogen-bond donors (Lipinski definition) is 1. The van der Waals surface area contributed by atoms with Crippen LogP contribution < -0.4 is 4.74 Å². The van der Waals surface area contributed by atoms with Gasteiger partial charge in [0.05, 0.1) is 7.11 Å². The highest BCUT2D eigenvalue weighted by atomic mass is 16.7. The van der Waals surface area contributed by atoms with Crippen molar-refractivity contribution in [1.29, 1.82) is 0 Å². The maximum Gasteiger partial charge on any atom is 0.513 e. The number of unbranched alkanes of at least 4 members (excludes halogenated alkanes) is 1. The summed E-state index contributed by atoms with van der Waals surface area (Å²) in [6, 6.07) is 0. The lowest BCUT2D eigenvalue weighted by Gasteiger charge is -2.18. The van der Waals surface area contributed by atoms with Crippen LogP contribution in [0.4, 0.5) is 4.79 Å². The molecular formula is C15H22O4. The Bertz CT molecular complexity index is 478. The first-order valence-corrected chi connectivity index (χ1v) is 6.51. The molecule has 0 spiro atoms. The number of carbonyl (C=O) groups is 1. The molecule has 4 nitrogen and oxygen atoms in total. The third-order valence-electron chi connectivity index (χ3n) is 3.47. The van der Waals surface area contributed by atoms with E-state index in [-0.39, 0.29) is 0 Å². The van der Waals surface area contributed by atoms with Crippen LogP contribution in [0.15, 0.2) is 0 Å². The molecule has 0 saturated carbocycles. The van der Waals surface area contributed by atoms with E-state index in [0.29, 0.717) is 11.5 Å². The average molecular weight is 266 g/mol. The molecule has 0 amide bonds. The minimum absolute atomic E-state index is 0.306. The summed E-state index contributed by atoms with van der Waals surface area (Å²) in [5, 5.41) is 10.2. The monoisotopic (exact) mass is 266 g/mol. The Hall–Kier alpha value is -1.71. The second-order valence-electron chi connectivity index (χ2n) is 4.69. The minimum atomic E-state index is -0.738. The number of aromatic hydroxyl groups is 1. The molecule has 0 aliphatic heterocycles. The predicted molar refractivity (Wildman–Crippen MR) is 74.0 cm³/mol. The van der Waals surface area contributed by atoms with Gasteiger partial charge in [-0.3, -0.25) is 0 Å². The van der Waals surface area contributed by atoms with Gasteiger partial charge in [-0.05, 0) is 50.3 Å². The summed E-state index contributed by atoms with van der Waals surface area (Å²) in [6.07, 6.45) is 2.05. The molecule has 0 bridgehead atoms. The predicted octanol–water partition coefficient (Wildman–Crippen LogP) is 3.81. The van der Waals surface area contributed by atoms with E-state index in [1.165, 1.54) is 7.11 Å². The number of rotatable bonds is 4. The number of phenolic OH excluding ortho intramolecular Hbond substituents is 1. The van der Waals surface area contributed by atoms with Crippen LogP contribution in [-0.2, 0) is 11.2 Å². The lowest BCUT2D eigenvalue weighted by molar-refractivity contribution is 0.120. The molecule has 0 saturated heterocycles. The van der Waals surface area contributed by atoms with E-state index in [1.54, 1.807) is 0 Å². The van der Waals surface area contributed by atoms with Crippen molar-refractivity contribution in [2.24, 2.45) is 0 Å². The third-order valence-corrected chi connectivity index (χ3v) is 3.47. The number of phenols is 1. The molecule has 0 unspecified atom stereocenters. The maximum absolute atomic E-state index is 11.3. The summed E-state index contributed by atoms with van der Waals surface area (Å²) in [4.78, 5) is 11.3. The Kier molecular flexibility index (Phi) is 5.21. The highest BCUT2D eigenvalue weighted by Gasteiger charge is 2.19. The van der Waals surface area contributed by atoms with Crippen molar-refractivity contribution in [1.82, 2.24) is 0 Å². The highest BCUT2D eigenvalue weighted by molar-refractivity contribution is 5.68. The molecule has 19 heavy (non-hydrogen) atoms. The molecule has 0 radical (unpaired) electrons. The van der Waals surface area contributed by atoms with E-state index in [4.69, 9.17) is 4.74 Å². The second kappa shape index (κ2) is 6.45. The molecule has 4 heteroatoms. The van der Waals surface area contributed by atoms with Gasteiger partial charge in [-0.2, -0.15) is 0 Å². The summed E-state index contributed by atoms with van der Waals surface area (Å²) in [7, 11) is 1.28. The van der Waals surface area contributed by atoms with Crippen molar-refractivity contribution in [2.75, 3.05) is 7.11 Å². The number of methoxy groups -OCH3 is 1. The molecule has 0 aromatic heterocycles. The van der Waals surface area contributed by atoms with Crippen LogP contribution in [0.5, 0.6) is 11.5 Å². The van der Waals surface area contributed by atoms with Gasteiger partial charge in [0.15, 0.2) is 0 Å². The summed E-state index contributed by atoms with van der Waals surface area (Å²) >= 11 is 0. The van der Waals surface area contributed by atoms with Gasteiger partial charge >= 0.3 is 6.16 Å². The standard InChI is InChI=1S/C15H22O4/c1-6-7-8-12-11(4)14(19-15(17)18-5)10(3)9(2)13(12)16/h16H,6-8H2,1-5H3. The van der Waals surface area contributed by atoms with Crippen LogP contribution >= 0.6 is 0 Å². The van der Waals surface area contributed by atoms with E-state index in [9.17, 15) is 9.90 Å². The van der Waals surface area contributed by atoms with Crippen LogP contribution in [0, 0.1) is 20.8 Å². The first kappa shape index (κ1) is 15.3. The molecule has 0 fully saturated rings. The Balaban J connectivity index is 3.30. The summed E-state index contributed by atoms with van der Waals surface area (Å²) in [5.74, 6) is 0.800. The van der Waals surface area contributed by atoms with Crippen LogP contribution in [0.25, 0.3) is 0 Å². The molecule has 0 heterocycles. The zero-order valence-corrected chi connectivity index (χ0v) is 12.3. The maximum atomic E-state index is 11.3. The van der Waals surface area contributed by atoms with Gasteiger partial charge < -0.3 is 14.6 Å². The van der Waals surface area contributed by atoms with Crippen molar-refractivity contribution in [3.63, 3.8) is 0 Å². The van der Waals surface area contributed by atoms with Crippen molar-refractivity contribution in [3.8, 4) is 11.5 Å². The van der Waals surface area contributed by atoms with Crippen LogP contribution in [-0.4, -0.2) is 18.4 Å². The normalized spacial score (nSPS) is 10.4. The molecule has 0 aliphatic rings. The largest absolute Gasteiger partial charge is 0.513 e. The van der Waals surface area contributed by atoms with Gasteiger partial charge in [-0.15, -0.1) is 0 Å². The van der Waals surface area contributed by atoms with E-state index in [0.717, 1.165) is 41.5 Å². The lowest BCUT2D eigenvalue weighted by atomic mass is 9.94. The smallest absolute Gasteiger partial charge is 0.507 e. The molecular weight excluding hydrogens is 244 g/mol. The molecule has 1 aromatic carbocycles. The van der Waals surface area contributed by atoms with Gasteiger partial charge in [0.2, 0.25) is 0 Å². The Morgan fingerprint density at radius 1 is 1.16 bits per heavy atom. The first-order chi connectivity index (χ1) is 8.93. The number of carbonyl (C=O) groups excluding carboxylic acids is 1. The highest BCUT2D eigenvalue weighted by Crippen LogP contribution is 2.37. The van der Waals surface area contributed by atoms with E-state index in [1.807, 2.05) is 20.8 Å². The van der Waals surface area contributed by atoms with Gasteiger partial charge in [0.25, 0.3) is 0 Å². The summed E-state index contributed by atoms with van der Waals surface area (Å²) in [6.45, 7) is 7.60. The molecule has 1 N–H and O–H groups in total.